The normalized spacial score (nSPS) is 22.5. The second-order valence-corrected chi connectivity index (χ2v) is 4.97. The minimum atomic E-state index is 0.697. The molecule has 0 spiro atoms. The number of nitrogens with one attached hydrogen (secondary N) is 2. The number of rotatable bonds is 3. The van der Waals surface area contributed by atoms with Gasteiger partial charge in [0, 0.05) is 29.6 Å². The maximum atomic E-state index is 4.02. The number of thioether (sulfide) groups is 1. The van der Waals surface area contributed by atoms with Gasteiger partial charge >= 0.3 is 0 Å². The molecular formula is C10H17N3S. The second-order valence-electron chi connectivity index (χ2n) is 3.82. The van der Waals surface area contributed by atoms with Crippen LogP contribution in [0.4, 0.5) is 0 Å². The number of hydrogen-bond donors (Lipinski definition) is 2. The molecule has 0 bridgehead atoms. The molecule has 1 aromatic heterocycles. The van der Waals surface area contributed by atoms with Crippen LogP contribution in [0.2, 0.25) is 0 Å². The van der Waals surface area contributed by atoms with Crippen molar-refractivity contribution < 1.29 is 0 Å². The van der Waals surface area contributed by atoms with E-state index in [0.29, 0.717) is 6.04 Å². The lowest BCUT2D eigenvalue weighted by Crippen LogP contribution is -2.33. The summed E-state index contributed by atoms with van der Waals surface area (Å²) in [6, 6.07) is 0.697. The van der Waals surface area contributed by atoms with Crippen LogP contribution in [0.15, 0.2) is 6.20 Å². The summed E-state index contributed by atoms with van der Waals surface area (Å²) in [5.41, 5.74) is 2.47. The Morgan fingerprint density at radius 1 is 1.71 bits per heavy atom. The van der Waals surface area contributed by atoms with Gasteiger partial charge in [-0.2, -0.15) is 16.9 Å². The van der Waals surface area contributed by atoms with Gasteiger partial charge in [0.2, 0.25) is 0 Å². The number of aromatic nitrogens is 2. The van der Waals surface area contributed by atoms with E-state index in [2.05, 4.69) is 34.2 Å². The molecule has 1 aliphatic rings. The van der Waals surface area contributed by atoms with Crippen molar-refractivity contribution in [1.29, 1.82) is 0 Å². The highest BCUT2D eigenvalue weighted by molar-refractivity contribution is 7.99. The van der Waals surface area contributed by atoms with E-state index in [1.54, 1.807) is 0 Å². The first-order valence-electron chi connectivity index (χ1n) is 5.16. The summed E-state index contributed by atoms with van der Waals surface area (Å²) in [5.74, 6) is 2.60. The third-order valence-electron chi connectivity index (χ3n) is 2.68. The Kier molecular flexibility index (Phi) is 3.48. The summed E-state index contributed by atoms with van der Waals surface area (Å²) >= 11 is 2.06. The standard InChI is InChI=1S/C10H17N3S/c1-8-9(6-12-13-8)5-11-10-3-2-4-14-7-10/h6,10-11H,2-5,7H2,1H3,(H,12,13). The Morgan fingerprint density at radius 2 is 2.64 bits per heavy atom. The monoisotopic (exact) mass is 211 g/mol. The van der Waals surface area contributed by atoms with E-state index >= 15 is 0 Å². The molecule has 1 saturated heterocycles. The molecule has 2 N–H and O–H groups in total. The van der Waals surface area contributed by atoms with Crippen LogP contribution in [0.25, 0.3) is 0 Å². The zero-order valence-corrected chi connectivity index (χ0v) is 9.36. The predicted octanol–water partition coefficient (Wildman–Crippen LogP) is 1.70. The molecule has 0 amide bonds. The molecule has 0 aliphatic carbocycles. The Morgan fingerprint density at radius 3 is 3.29 bits per heavy atom. The van der Waals surface area contributed by atoms with E-state index in [1.807, 2.05) is 6.20 Å². The largest absolute Gasteiger partial charge is 0.309 e. The molecule has 2 rings (SSSR count). The van der Waals surface area contributed by atoms with E-state index in [-0.39, 0.29) is 0 Å². The Balaban J connectivity index is 1.79. The SMILES string of the molecule is Cc1[nH]ncc1CNC1CCCSC1. The fourth-order valence-corrected chi connectivity index (χ4v) is 2.82. The van der Waals surface area contributed by atoms with Gasteiger partial charge in [0.05, 0.1) is 6.20 Å². The van der Waals surface area contributed by atoms with Crippen molar-refractivity contribution in [2.24, 2.45) is 0 Å². The van der Waals surface area contributed by atoms with Crippen molar-refractivity contribution in [3.63, 3.8) is 0 Å². The number of nitrogens with zero attached hydrogens (tertiary/aromatic N) is 1. The lowest BCUT2D eigenvalue weighted by Gasteiger charge is -2.22. The van der Waals surface area contributed by atoms with Crippen LogP contribution in [0.3, 0.4) is 0 Å². The molecule has 2 heterocycles. The minimum absolute atomic E-state index is 0.697. The topological polar surface area (TPSA) is 40.7 Å². The predicted molar refractivity (Wildman–Crippen MR) is 60.5 cm³/mol. The average Bonchev–Trinajstić information content (AvgIpc) is 2.63. The van der Waals surface area contributed by atoms with Crippen molar-refractivity contribution >= 4 is 11.8 Å². The van der Waals surface area contributed by atoms with Crippen LogP contribution in [-0.4, -0.2) is 27.7 Å². The average molecular weight is 211 g/mol. The lowest BCUT2D eigenvalue weighted by atomic mass is 10.1. The van der Waals surface area contributed by atoms with Crippen molar-refractivity contribution in [3.05, 3.63) is 17.5 Å². The zero-order chi connectivity index (χ0) is 9.80. The fraction of sp³-hybridized carbons (Fsp3) is 0.700. The quantitative estimate of drug-likeness (QED) is 0.799. The Hall–Kier alpha value is -0.480. The molecule has 1 aliphatic heterocycles. The molecule has 0 aromatic carbocycles. The van der Waals surface area contributed by atoms with Crippen molar-refractivity contribution in [1.82, 2.24) is 15.5 Å². The summed E-state index contributed by atoms with van der Waals surface area (Å²) in [5, 5.41) is 10.6. The minimum Gasteiger partial charge on any atom is -0.309 e. The summed E-state index contributed by atoms with van der Waals surface area (Å²) in [6.45, 7) is 3.02. The smallest absolute Gasteiger partial charge is 0.0535 e. The highest BCUT2D eigenvalue weighted by Crippen LogP contribution is 2.17. The lowest BCUT2D eigenvalue weighted by molar-refractivity contribution is 0.507. The van der Waals surface area contributed by atoms with Crippen molar-refractivity contribution in [2.45, 2.75) is 32.4 Å². The molecule has 0 radical (unpaired) electrons. The molecular weight excluding hydrogens is 194 g/mol. The van der Waals surface area contributed by atoms with E-state index in [4.69, 9.17) is 0 Å². The number of aryl methyl sites for hydroxylation is 1. The second kappa shape index (κ2) is 4.84. The zero-order valence-electron chi connectivity index (χ0n) is 8.55. The van der Waals surface area contributed by atoms with E-state index in [0.717, 1.165) is 6.54 Å². The first-order valence-corrected chi connectivity index (χ1v) is 6.31. The molecule has 78 valence electrons. The van der Waals surface area contributed by atoms with Gasteiger partial charge < -0.3 is 5.32 Å². The summed E-state index contributed by atoms with van der Waals surface area (Å²) in [4.78, 5) is 0. The molecule has 3 nitrogen and oxygen atoms in total. The maximum Gasteiger partial charge on any atom is 0.0535 e. The molecule has 1 unspecified atom stereocenters. The third kappa shape index (κ3) is 2.51. The van der Waals surface area contributed by atoms with Crippen molar-refractivity contribution in [3.8, 4) is 0 Å². The van der Waals surface area contributed by atoms with Crippen molar-refractivity contribution in [2.75, 3.05) is 11.5 Å². The van der Waals surface area contributed by atoms with Gasteiger partial charge in [-0.15, -0.1) is 0 Å². The molecule has 1 fully saturated rings. The molecule has 1 atom stereocenters. The highest BCUT2D eigenvalue weighted by atomic mass is 32.2. The van der Waals surface area contributed by atoms with Gasteiger partial charge in [-0.05, 0) is 25.5 Å². The number of aromatic amines is 1. The fourth-order valence-electron chi connectivity index (χ4n) is 1.71. The Labute approximate surface area is 89.1 Å². The molecule has 4 heteroatoms. The maximum absolute atomic E-state index is 4.02. The van der Waals surface area contributed by atoms with Crippen LogP contribution in [0, 0.1) is 6.92 Å². The number of hydrogen-bond acceptors (Lipinski definition) is 3. The highest BCUT2D eigenvalue weighted by Gasteiger charge is 2.13. The van der Waals surface area contributed by atoms with Crippen LogP contribution >= 0.6 is 11.8 Å². The van der Waals surface area contributed by atoms with Gasteiger partial charge in [-0.3, -0.25) is 5.10 Å². The van der Waals surface area contributed by atoms with Crippen LogP contribution in [0.1, 0.15) is 24.1 Å². The first-order chi connectivity index (χ1) is 6.86. The first kappa shape index (κ1) is 10.1. The van der Waals surface area contributed by atoms with Gasteiger partial charge in [0.15, 0.2) is 0 Å². The summed E-state index contributed by atoms with van der Waals surface area (Å²) < 4.78 is 0. The summed E-state index contributed by atoms with van der Waals surface area (Å²) in [6.07, 6.45) is 4.59. The van der Waals surface area contributed by atoms with E-state index in [1.165, 1.54) is 35.6 Å². The van der Waals surface area contributed by atoms with Crippen LogP contribution in [-0.2, 0) is 6.54 Å². The Bertz CT molecular complexity index is 279. The number of H-pyrrole nitrogens is 1. The van der Waals surface area contributed by atoms with E-state index in [9.17, 15) is 0 Å². The van der Waals surface area contributed by atoms with E-state index < -0.39 is 0 Å². The molecule has 14 heavy (non-hydrogen) atoms. The van der Waals surface area contributed by atoms with Gasteiger partial charge in [-0.1, -0.05) is 0 Å². The van der Waals surface area contributed by atoms with Crippen LogP contribution in [0.5, 0.6) is 0 Å². The van der Waals surface area contributed by atoms with Crippen LogP contribution < -0.4 is 5.32 Å². The van der Waals surface area contributed by atoms with Gasteiger partial charge in [0.25, 0.3) is 0 Å². The summed E-state index contributed by atoms with van der Waals surface area (Å²) in [7, 11) is 0. The third-order valence-corrected chi connectivity index (χ3v) is 3.89. The van der Waals surface area contributed by atoms with Gasteiger partial charge in [0.1, 0.15) is 0 Å². The van der Waals surface area contributed by atoms with Gasteiger partial charge in [-0.25, -0.2) is 0 Å². The molecule has 1 aromatic rings. The molecule has 0 saturated carbocycles.